The number of piperidine rings is 1. The average molecular weight is 477 g/mol. The fourth-order valence-electron chi connectivity index (χ4n) is 3.74. The van der Waals surface area contributed by atoms with Gasteiger partial charge in [0.2, 0.25) is 0 Å². The number of likely N-dealkylation sites (tertiary alicyclic amines) is 1. The Bertz CT molecular complexity index is 1140. The molecule has 4 rings (SSSR count). The lowest BCUT2D eigenvalue weighted by Gasteiger charge is -2.31. The highest BCUT2D eigenvalue weighted by Gasteiger charge is 2.22. The summed E-state index contributed by atoms with van der Waals surface area (Å²) in [5.74, 6) is 0.939. The first kappa shape index (κ1) is 22.6. The van der Waals surface area contributed by atoms with E-state index in [1.165, 1.54) is 18.5 Å². The quantitative estimate of drug-likeness (QED) is 0.340. The maximum absolute atomic E-state index is 14.6. The van der Waals surface area contributed by atoms with E-state index in [4.69, 9.17) is 32.7 Å². The van der Waals surface area contributed by atoms with Crippen LogP contribution in [0.3, 0.4) is 0 Å². The second-order valence-electron chi connectivity index (χ2n) is 7.50. The van der Waals surface area contributed by atoms with Gasteiger partial charge in [0.15, 0.2) is 17.3 Å². The Morgan fingerprint density at radius 1 is 1.22 bits per heavy atom. The number of anilines is 2. The number of hydrogen-bond donors (Lipinski definition) is 1. The van der Waals surface area contributed by atoms with E-state index in [2.05, 4.69) is 26.8 Å². The van der Waals surface area contributed by atoms with Gasteiger partial charge in [0.05, 0.1) is 28.4 Å². The molecule has 9 heteroatoms. The third-order valence-electron chi connectivity index (χ3n) is 5.42. The minimum absolute atomic E-state index is 0.0657. The third-order valence-corrected chi connectivity index (χ3v) is 6.21. The van der Waals surface area contributed by atoms with Crippen LogP contribution in [-0.4, -0.2) is 47.7 Å². The summed E-state index contributed by atoms with van der Waals surface area (Å²) in [6.07, 6.45) is 5.18. The van der Waals surface area contributed by atoms with Crippen molar-refractivity contribution in [1.82, 2.24) is 14.9 Å². The Labute approximate surface area is 196 Å². The molecule has 3 aromatic rings. The van der Waals surface area contributed by atoms with Crippen LogP contribution in [0.15, 0.2) is 43.2 Å². The molecule has 1 fully saturated rings. The molecule has 0 radical (unpaired) electrons. The highest BCUT2D eigenvalue weighted by atomic mass is 35.5. The third kappa shape index (κ3) is 4.75. The van der Waals surface area contributed by atoms with Gasteiger partial charge in [-0.3, -0.25) is 4.90 Å². The molecule has 0 unspecified atom stereocenters. The molecule has 0 bridgehead atoms. The summed E-state index contributed by atoms with van der Waals surface area (Å²) in [4.78, 5) is 11.0. The predicted molar refractivity (Wildman–Crippen MR) is 126 cm³/mol. The van der Waals surface area contributed by atoms with Crippen molar-refractivity contribution in [2.45, 2.75) is 18.9 Å². The van der Waals surface area contributed by atoms with Crippen LogP contribution in [0.25, 0.3) is 10.9 Å². The minimum atomic E-state index is -0.651. The molecule has 0 aliphatic carbocycles. The van der Waals surface area contributed by atoms with Crippen LogP contribution in [0.1, 0.15) is 12.8 Å². The summed E-state index contributed by atoms with van der Waals surface area (Å²) >= 11 is 11.8. The van der Waals surface area contributed by atoms with Crippen molar-refractivity contribution in [3.8, 4) is 11.5 Å². The van der Waals surface area contributed by atoms with Crippen LogP contribution in [0.4, 0.5) is 15.9 Å². The molecule has 0 spiro atoms. The van der Waals surface area contributed by atoms with E-state index in [1.807, 2.05) is 12.1 Å². The number of nitrogens with zero attached hydrogens (tertiary/aromatic N) is 3. The van der Waals surface area contributed by atoms with Crippen molar-refractivity contribution in [2.75, 3.05) is 32.1 Å². The molecule has 1 aromatic heterocycles. The van der Waals surface area contributed by atoms with Crippen molar-refractivity contribution < 1.29 is 13.9 Å². The number of benzene rings is 2. The minimum Gasteiger partial charge on any atom is -0.493 e. The Hall–Kier alpha value is -2.61. The number of methoxy groups -OCH3 is 1. The fraction of sp³-hybridized carbons (Fsp3) is 0.304. The molecule has 1 aliphatic heterocycles. The van der Waals surface area contributed by atoms with Crippen molar-refractivity contribution in [3.63, 3.8) is 0 Å². The van der Waals surface area contributed by atoms with Crippen molar-refractivity contribution in [3.05, 3.63) is 59.1 Å². The lowest BCUT2D eigenvalue weighted by atomic mass is 10.1. The summed E-state index contributed by atoms with van der Waals surface area (Å²) in [6.45, 7) is 6.57. The van der Waals surface area contributed by atoms with E-state index in [0.29, 0.717) is 28.2 Å². The molecule has 6 nitrogen and oxygen atoms in total. The summed E-state index contributed by atoms with van der Waals surface area (Å²) < 4.78 is 26.4. The van der Waals surface area contributed by atoms with E-state index in [9.17, 15) is 4.39 Å². The highest BCUT2D eigenvalue weighted by Crippen LogP contribution is 2.37. The Balaban J connectivity index is 1.63. The van der Waals surface area contributed by atoms with Gasteiger partial charge in [0, 0.05) is 31.1 Å². The topological polar surface area (TPSA) is 59.5 Å². The first-order chi connectivity index (χ1) is 15.5. The maximum atomic E-state index is 14.6. The summed E-state index contributed by atoms with van der Waals surface area (Å²) in [7, 11) is 1.59. The molecule has 0 atom stereocenters. The summed E-state index contributed by atoms with van der Waals surface area (Å²) in [5.41, 5.74) is 0.792. The number of fused-ring (bicyclic) bond motifs is 1. The number of rotatable bonds is 7. The smallest absolute Gasteiger partial charge is 0.166 e. The van der Waals surface area contributed by atoms with Gasteiger partial charge in [0.25, 0.3) is 0 Å². The van der Waals surface area contributed by atoms with Crippen LogP contribution in [0.5, 0.6) is 11.5 Å². The number of nitrogens with one attached hydrogen (secondary N) is 1. The SMILES string of the molecule is C=CCN1CCC(Oc2cc3c(Nc4ccc(Cl)c(Cl)c4F)ncnc3cc2OC)CC1. The lowest BCUT2D eigenvalue weighted by molar-refractivity contribution is 0.104. The molecular formula is C23H23Cl2FN4O2. The summed E-state index contributed by atoms with van der Waals surface area (Å²) in [6, 6.07) is 6.64. The van der Waals surface area contributed by atoms with Crippen LogP contribution in [0.2, 0.25) is 10.0 Å². The van der Waals surface area contributed by atoms with Crippen LogP contribution >= 0.6 is 23.2 Å². The van der Waals surface area contributed by atoms with Gasteiger partial charge in [-0.05, 0) is 31.0 Å². The normalized spacial score (nSPS) is 15.0. The molecular weight excluding hydrogens is 454 g/mol. The monoisotopic (exact) mass is 476 g/mol. The first-order valence-corrected chi connectivity index (χ1v) is 11.0. The van der Waals surface area contributed by atoms with Crippen molar-refractivity contribution in [2.24, 2.45) is 0 Å². The van der Waals surface area contributed by atoms with E-state index in [1.54, 1.807) is 13.2 Å². The van der Waals surface area contributed by atoms with E-state index in [-0.39, 0.29) is 21.8 Å². The Kier molecular flexibility index (Phi) is 6.98. The summed E-state index contributed by atoms with van der Waals surface area (Å²) in [5, 5.41) is 3.65. The van der Waals surface area contributed by atoms with Crippen LogP contribution < -0.4 is 14.8 Å². The fourth-order valence-corrected chi connectivity index (χ4v) is 4.05. The van der Waals surface area contributed by atoms with Gasteiger partial charge >= 0.3 is 0 Å². The largest absolute Gasteiger partial charge is 0.493 e. The molecule has 1 aliphatic rings. The standard InChI is InChI=1S/C23H23Cl2FN4O2/c1-3-8-30-9-6-14(7-10-30)32-20-11-15-18(12-19(20)31-2)27-13-28-23(15)29-17-5-4-16(24)21(25)22(17)26/h3-5,11-14H,1,6-10H2,2H3,(H,27,28,29). The molecule has 2 heterocycles. The van der Waals surface area contributed by atoms with Gasteiger partial charge in [-0.15, -0.1) is 6.58 Å². The number of halogens is 3. The molecule has 2 aromatic carbocycles. The Morgan fingerprint density at radius 3 is 2.72 bits per heavy atom. The van der Waals surface area contributed by atoms with E-state index >= 15 is 0 Å². The van der Waals surface area contributed by atoms with Gasteiger partial charge in [0.1, 0.15) is 18.2 Å². The second-order valence-corrected chi connectivity index (χ2v) is 8.28. The van der Waals surface area contributed by atoms with E-state index < -0.39 is 5.82 Å². The second kappa shape index (κ2) is 9.90. The number of aromatic nitrogens is 2. The molecule has 0 amide bonds. The lowest BCUT2D eigenvalue weighted by Crippen LogP contribution is -2.38. The van der Waals surface area contributed by atoms with Crippen molar-refractivity contribution in [1.29, 1.82) is 0 Å². The molecule has 32 heavy (non-hydrogen) atoms. The molecule has 0 saturated carbocycles. The molecule has 1 N–H and O–H groups in total. The van der Waals surface area contributed by atoms with E-state index in [0.717, 1.165) is 32.5 Å². The maximum Gasteiger partial charge on any atom is 0.166 e. The number of ether oxygens (including phenoxy) is 2. The Morgan fingerprint density at radius 2 is 2.00 bits per heavy atom. The van der Waals surface area contributed by atoms with Crippen LogP contribution in [-0.2, 0) is 0 Å². The molecule has 1 saturated heterocycles. The van der Waals surface area contributed by atoms with Crippen LogP contribution in [0, 0.1) is 5.82 Å². The van der Waals surface area contributed by atoms with Crippen molar-refractivity contribution >= 4 is 45.6 Å². The predicted octanol–water partition coefficient (Wildman–Crippen LogP) is 5.86. The molecule has 168 valence electrons. The van der Waals surface area contributed by atoms with Gasteiger partial charge < -0.3 is 14.8 Å². The van der Waals surface area contributed by atoms with Gasteiger partial charge in [-0.25, -0.2) is 14.4 Å². The average Bonchev–Trinajstić information content (AvgIpc) is 2.81. The zero-order chi connectivity index (χ0) is 22.7. The van der Waals surface area contributed by atoms with Gasteiger partial charge in [-0.2, -0.15) is 0 Å². The zero-order valence-electron chi connectivity index (χ0n) is 17.6. The number of hydrogen-bond acceptors (Lipinski definition) is 6. The van der Waals surface area contributed by atoms with Gasteiger partial charge in [-0.1, -0.05) is 29.3 Å². The zero-order valence-corrected chi connectivity index (χ0v) is 19.1. The highest BCUT2D eigenvalue weighted by molar-refractivity contribution is 6.42. The first-order valence-electron chi connectivity index (χ1n) is 10.2.